The highest BCUT2D eigenvalue weighted by molar-refractivity contribution is 8.00. The van der Waals surface area contributed by atoms with Crippen molar-refractivity contribution in [3.63, 3.8) is 0 Å². The first-order valence-electron chi connectivity index (χ1n) is 10.7. The number of carbonyl (C=O) groups is 3. The predicted molar refractivity (Wildman–Crippen MR) is 128 cm³/mol. The third-order valence-electron chi connectivity index (χ3n) is 5.38. The zero-order chi connectivity index (χ0) is 26.0. The first-order valence-corrected chi connectivity index (χ1v) is 12.5. The van der Waals surface area contributed by atoms with Crippen LogP contribution in [0.3, 0.4) is 0 Å². The summed E-state index contributed by atoms with van der Waals surface area (Å²) in [5, 5.41) is 25.1. The molecule has 0 saturated carbocycles. The zero-order valence-electron chi connectivity index (χ0n) is 19.0. The molecule has 1 saturated heterocycles. The van der Waals surface area contributed by atoms with Crippen molar-refractivity contribution in [2.45, 2.75) is 31.4 Å². The Kier molecular flexibility index (Phi) is 7.41. The van der Waals surface area contributed by atoms with E-state index in [4.69, 9.17) is 16.3 Å². The van der Waals surface area contributed by atoms with Crippen LogP contribution < -0.4 is 21.5 Å². The summed E-state index contributed by atoms with van der Waals surface area (Å²) < 4.78 is 7.26. The number of aliphatic carboxylic acids is 1. The van der Waals surface area contributed by atoms with E-state index < -0.39 is 29.2 Å². The SMILES string of the molecule is CCON=C(C(=O)N[C@@H]1C(=O)N2C(C(=O)O)=C(C[n+]3ccc(N)n3CCO)CS[C@H]12)c1nsc(N)n1. The minimum atomic E-state index is -1.26. The van der Waals surface area contributed by atoms with Crippen LogP contribution in [0.15, 0.2) is 28.7 Å². The summed E-state index contributed by atoms with van der Waals surface area (Å²) >= 11 is 2.19. The van der Waals surface area contributed by atoms with Gasteiger partial charge in [0.15, 0.2) is 23.7 Å². The van der Waals surface area contributed by atoms with Crippen molar-refractivity contribution in [2.75, 3.05) is 30.4 Å². The standard InChI is InChI=1S/C19H23N9O6S2/c1-2-34-24-11(14-23-19(21)36-25-14)15(30)22-12-16(31)28-13(18(32)33)9(8-35-17(12)28)7-26-4-3-10(20)27(26)5-6-29/h3-4,12,17,20,29H,2,5-8H2,1H3,(H4,21,22,23,25,30,32,33)/p+1/t12-,17-/m1/s1. The number of nitrogens with two attached hydrogens (primary N) is 2. The Labute approximate surface area is 212 Å². The van der Waals surface area contributed by atoms with Crippen molar-refractivity contribution in [1.29, 1.82) is 0 Å². The number of rotatable bonds is 10. The van der Waals surface area contributed by atoms with E-state index in [2.05, 4.69) is 19.8 Å². The molecule has 2 aromatic rings. The lowest BCUT2D eigenvalue weighted by Gasteiger charge is -2.49. The van der Waals surface area contributed by atoms with Crippen LogP contribution in [0.1, 0.15) is 12.7 Å². The van der Waals surface area contributed by atoms with E-state index in [0.29, 0.717) is 17.1 Å². The number of carboxylic acids is 1. The highest BCUT2D eigenvalue weighted by Gasteiger charge is 2.55. The molecule has 4 rings (SSSR count). The van der Waals surface area contributed by atoms with E-state index in [1.165, 1.54) is 16.7 Å². The number of amides is 2. The van der Waals surface area contributed by atoms with Crippen molar-refractivity contribution >= 4 is 57.7 Å². The van der Waals surface area contributed by atoms with Gasteiger partial charge in [-0.25, -0.2) is 4.79 Å². The molecule has 4 heterocycles. The van der Waals surface area contributed by atoms with E-state index in [0.717, 1.165) is 11.5 Å². The second-order valence-electron chi connectivity index (χ2n) is 7.62. The minimum absolute atomic E-state index is 0.0426. The highest BCUT2D eigenvalue weighted by Crippen LogP contribution is 2.40. The van der Waals surface area contributed by atoms with Crippen LogP contribution in [0.25, 0.3) is 0 Å². The zero-order valence-corrected chi connectivity index (χ0v) is 20.7. The van der Waals surface area contributed by atoms with Gasteiger partial charge in [0.1, 0.15) is 30.3 Å². The molecule has 15 nitrogen and oxygen atoms in total. The van der Waals surface area contributed by atoms with Gasteiger partial charge in [0, 0.05) is 22.9 Å². The van der Waals surface area contributed by atoms with Crippen molar-refractivity contribution in [3.8, 4) is 0 Å². The maximum Gasteiger partial charge on any atom is 0.352 e. The number of anilines is 2. The van der Waals surface area contributed by atoms with E-state index in [1.807, 2.05) is 0 Å². The smallest absolute Gasteiger partial charge is 0.352 e. The van der Waals surface area contributed by atoms with Gasteiger partial charge in [-0.3, -0.25) is 14.5 Å². The normalized spacial score (nSPS) is 19.7. The fourth-order valence-corrected chi connectivity index (χ4v) is 5.59. The van der Waals surface area contributed by atoms with Crippen LogP contribution in [0.4, 0.5) is 10.9 Å². The summed E-state index contributed by atoms with van der Waals surface area (Å²) in [5.41, 5.74) is 11.6. The number of carbonyl (C=O) groups excluding carboxylic acids is 2. The van der Waals surface area contributed by atoms with Crippen LogP contribution >= 0.6 is 23.3 Å². The molecule has 0 unspecified atom stereocenters. The molecule has 0 aromatic carbocycles. The van der Waals surface area contributed by atoms with Gasteiger partial charge in [-0.1, -0.05) is 5.16 Å². The Balaban J connectivity index is 1.54. The number of β-lactam (4-membered cyclic amide) rings is 1. The lowest BCUT2D eigenvalue weighted by atomic mass is 10.0. The Morgan fingerprint density at radius 2 is 2.19 bits per heavy atom. The molecule has 17 heteroatoms. The van der Waals surface area contributed by atoms with Gasteiger partial charge in [-0.2, -0.15) is 9.36 Å². The van der Waals surface area contributed by atoms with E-state index in [1.54, 1.807) is 28.6 Å². The number of aliphatic hydroxyl groups is 1. The lowest BCUT2D eigenvalue weighted by molar-refractivity contribution is -0.767. The van der Waals surface area contributed by atoms with Crippen molar-refractivity contribution in [2.24, 2.45) is 5.16 Å². The maximum absolute atomic E-state index is 13.0. The van der Waals surface area contributed by atoms with Gasteiger partial charge in [-0.15, -0.1) is 21.1 Å². The van der Waals surface area contributed by atoms with Gasteiger partial charge in [-0.05, 0) is 6.92 Å². The number of aromatic nitrogens is 4. The summed E-state index contributed by atoms with van der Waals surface area (Å²) in [6, 6.07) is 0.657. The van der Waals surface area contributed by atoms with E-state index in [-0.39, 0.29) is 48.7 Å². The Morgan fingerprint density at radius 1 is 1.42 bits per heavy atom. The quantitative estimate of drug-likeness (QED) is 0.0961. The molecule has 0 bridgehead atoms. The van der Waals surface area contributed by atoms with Gasteiger partial charge in [0.2, 0.25) is 11.5 Å². The molecule has 0 radical (unpaired) electrons. The molecule has 192 valence electrons. The highest BCUT2D eigenvalue weighted by atomic mass is 32.2. The molecule has 2 atom stereocenters. The molecule has 0 spiro atoms. The molecule has 0 aliphatic carbocycles. The van der Waals surface area contributed by atoms with Crippen molar-refractivity contribution < 1.29 is 34.1 Å². The maximum atomic E-state index is 13.0. The van der Waals surface area contributed by atoms with E-state index >= 15 is 0 Å². The van der Waals surface area contributed by atoms with Crippen molar-refractivity contribution in [3.05, 3.63) is 29.4 Å². The number of aliphatic hydroxyl groups excluding tert-OH is 1. The first kappa shape index (κ1) is 25.4. The second kappa shape index (κ2) is 10.5. The Hall–Kier alpha value is -3.70. The van der Waals surface area contributed by atoms with E-state index in [9.17, 15) is 24.6 Å². The number of carboxylic acid groups (broad SMARTS) is 1. The van der Waals surface area contributed by atoms with Crippen LogP contribution in [0.2, 0.25) is 0 Å². The molecule has 36 heavy (non-hydrogen) atoms. The van der Waals surface area contributed by atoms with Crippen LogP contribution in [-0.2, 0) is 32.3 Å². The summed E-state index contributed by atoms with van der Waals surface area (Å²) in [7, 11) is 0. The van der Waals surface area contributed by atoms with Crippen LogP contribution in [0.5, 0.6) is 0 Å². The lowest BCUT2D eigenvalue weighted by Crippen LogP contribution is -2.71. The van der Waals surface area contributed by atoms with Gasteiger partial charge < -0.3 is 31.8 Å². The fraction of sp³-hybridized carbons (Fsp3) is 0.421. The number of fused-ring (bicyclic) bond motifs is 1. The summed E-state index contributed by atoms with van der Waals surface area (Å²) in [6.07, 6.45) is 1.67. The molecular weight excluding hydrogens is 514 g/mol. The average molecular weight is 539 g/mol. The third-order valence-corrected chi connectivity index (χ3v) is 7.26. The molecule has 2 aromatic heterocycles. The molecule has 2 aliphatic rings. The summed E-state index contributed by atoms with van der Waals surface area (Å²) in [6.45, 7) is 2.10. The Bertz CT molecular complexity index is 1260. The number of hydrogen-bond acceptors (Lipinski definition) is 12. The number of hydrogen-bond donors (Lipinski definition) is 5. The molecule has 1 fully saturated rings. The topological polar surface area (TPSA) is 215 Å². The van der Waals surface area contributed by atoms with Gasteiger partial charge >= 0.3 is 5.97 Å². The molecule has 2 amide bonds. The van der Waals surface area contributed by atoms with Gasteiger partial charge in [0.05, 0.1) is 12.7 Å². The minimum Gasteiger partial charge on any atom is -0.477 e. The van der Waals surface area contributed by atoms with Crippen molar-refractivity contribution in [1.82, 2.24) is 24.3 Å². The number of nitrogens with zero attached hydrogens (tertiary/aromatic N) is 6. The number of nitrogens with one attached hydrogen (secondary N) is 1. The number of nitrogen functional groups attached to an aromatic ring is 2. The predicted octanol–water partition coefficient (Wildman–Crippen LogP) is -2.04. The monoisotopic (exact) mass is 538 g/mol. The first-order chi connectivity index (χ1) is 17.3. The van der Waals surface area contributed by atoms with Crippen LogP contribution in [-0.4, -0.2) is 83.0 Å². The third kappa shape index (κ3) is 4.71. The van der Waals surface area contributed by atoms with Crippen LogP contribution in [0, 0.1) is 0 Å². The molecule has 2 aliphatic heterocycles. The molecule has 7 N–H and O–H groups in total. The summed E-state index contributed by atoms with van der Waals surface area (Å²) in [5.74, 6) is -1.93. The second-order valence-corrected chi connectivity index (χ2v) is 9.51. The largest absolute Gasteiger partial charge is 0.477 e. The summed E-state index contributed by atoms with van der Waals surface area (Å²) in [4.78, 5) is 48.2. The molecular formula is C19H24N9O6S2+. The Morgan fingerprint density at radius 3 is 2.83 bits per heavy atom. The van der Waals surface area contributed by atoms with Gasteiger partial charge in [0.25, 0.3) is 11.8 Å². The number of oxime groups is 1. The number of thioether (sulfide) groups is 1. The fourth-order valence-electron chi connectivity index (χ4n) is 3.82. The average Bonchev–Trinajstić information content (AvgIpc) is 3.43.